The monoisotopic (exact) mass is 210 g/mol. The minimum absolute atomic E-state index is 0.164. The predicted molar refractivity (Wildman–Crippen MR) is 66.0 cm³/mol. The second-order valence-electron chi connectivity index (χ2n) is 5.33. The molecule has 1 rings (SSSR count). The highest BCUT2D eigenvalue weighted by molar-refractivity contribution is 5.14. The zero-order valence-corrected chi connectivity index (χ0v) is 10.8. The minimum atomic E-state index is 0.164. The summed E-state index contributed by atoms with van der Waals surface area (Å²) in [5, 5.41) is 0. The van der Waals surface area contributed by atoms with Gasteiger partial charge in [0.25, 0.3) is 0 Å². The molecule has 0 saturated carbocycles. The standard InChI is InChI=1S/C14H26O/c1-6-8-9-12-10-11(3)14(4,5)13(7-2)15-12/h12-13H,3,6-10H2,1-2,4-5H3. The van der Waals surface area contributed by atoms with Crippen molar-refractivity contribution in [1.29, 1.82) is 0 Å². The smallest absolute Gasteiger partial charge is 0.0664 e. The van der Waals surface area contributed by atoms with Crippen LogP contribution in [0.4, 0.5) is 0 Å². The van der Waals surface area contributed by atoms with Crippen molar-refractivity contribution in [3.05, 3.63) is 12.2 Å². The van der Waals surface area contributed by atoms with Crippen LogP contribution in [-0.4, -0.2) is 12.2 Å². The van der Waals surface area contributed by atoms with Crippen LogP contribution in [0.2, 0.25) is 0 Å². The summed E-state index contributed by atoms with van der Waals surface area (Å²) in [6, 6.07) is 0. The Morgan fingerprint density at radius 1 is 1.40 bits per heavy atom. The van der Waals surface area contributed by atoms with Gasteiger partial charge >= 0.3 is 0 Å². The van der Waals surface area contributed by atoms with Crippen LogP contribution in [-0.2, 0) is 4.74 Å². The van der Waals surface area contributed by atoms with Gasteiger partial charge in [0.1, 0.15) is 0 Å². The summed E-state index contributed by atoms with van der Waals surface area (Å²) in [6.07, 6.45) is 6.66. The zero-order chi connectivity index (χ0) is 11.5. The van der Waals surface area contributed by atoms with E-state index in [9.17, 15) is 0 Å². The Morgan fingerprint density at radius 2 is 2.07 bits per heavy atom. The molecule has 0 bridgehead atoms. The Hall–Kier alpha value is -0.300. The lowest BCUT2D eigenvalue weighted by Gasteiger charge is -2.44. The van der Waals surface area contributed by atoms with Crippen LogP contribution in [0.1, 0.15) is 59.8 Å². The van der Waals surface area contributed by atoms with Crippen LogP contribution in [0.3, 0.4) is 0 Å². The van der Waals surface area contributed by atoms with Gasteiger partial charge in [-0.1, -0.05) is 52.7 Å². The molecule has 2 atom stereocenters. The topological polar surface area (TPSA) is 9.23 Å². The number of ether oxygens (including phenoxy) is 1. The molecule has 1 heteroatoms. The van der Waals surface area contributed by atoms with E-state index in [0.29, 0.717) is 12.2 Å². The summed E-state index contributed by atoms with van der Waals surface area (Å²) in [5.74, 6) is 0. The maximum absolute atomic E-state index is 6.16. The lowest BCUT2D eigenvalue weighted by molar-refractivity contribution is -0.0922. The number of rotatable bonds is 4. The molecule has 0 aromatic rings. The van der Waals surface area contributed by atoms with Crippen molar-refractivity contribution in [1.82, 2.24) is 0 Å². The molecule has 1 aliphatic heterocycles. The number of hydrogen-bond donors (Lipinski definition) is 0. The van der Waals surface area contributed by atoms with E-state index < -0.39 is 0 Å². The molecule has 0 amide bonds. The Kier molecular flexibility index (Phi) is 4.39. The average Bonchev–Trinajstić information content (AvgIpc) is 2.19. The fourth-order valence-corrected chi connectivity index (χ4v) is 2.42. The average molecular weight is 210 g/mol. The molecule has 0 aromatic heterocycles. The van der Waals surface area contributed by atoms with E-state index in [1.807, 2.05) is 0 Å². The van der Waals surface area contributed by atoms with Crippen molar-refractivity contribution in [2.75, 3.05) is 0 Å². The summed E-state index contributed by atoms with van der Waals surface area (Å²) in [6.45, 7) is 13.2. The highest BCUT2D eigenvalue weighted by Crippen LogP contribution is 2.41. The maximum Gasteiger partial charge on any atom is 0.0664 e. The van der Waals surface area contributed by atoms with Gasteiger partial charge in [0, 0.05) is 5.41 Å². The third kappa shape index (κ3) is 2.84. The van der Waals surface area contributed by atoms with Gasteiger partial charge in [-0.2, -0.15) is 0 Å². The molecule has 88 valence electrons. The lowest BCUT2D eigenvalue weighted by Crippen LogP contribution is -2.42. The van der Waals surface area contributed by atoms with E-state index >= 15 is 0 Å². The molecule has 15 heavy (non-hydrogen) atoms. The quantitative estimate of drug-likeness (QED) is 0.628. The zero-order valence-electron chi connectivity index (χ0n) is 10.8. The van der Waals surface area contributed by atoms with Crippen molar-refractivity contribution in [2.24, 2.45) is 5.41 Å². The van der Waals surface area contributed by atoms with Gasteiger partial charge in [-0.3, -0.25) is 0 Å². The van der Waals surface area contributed by atoms with Crippen LogP contribution in [0.5, 0.6) is 0 Å². The Bertz CT molecular complexity index is 217. The molecule has 1 fully saturated rings. The van der Waals surface area contributed by atoms with E-state index in [0.717, 1.165) is 12.8 Å². The maximum atomic E-state index is 6.16. The third-order valence-corrected chi connectivity index (χ3v) is 3.80. The van der Waals surface area contributed by atoms with Crippen LogP contribution in [0.25, 0.3) is 0 Å². The van der Waals surface area contributed by atoms with E-state index in [1.54, 1.807) is 0 Å². The summed E-state index contributed by atoms with van der Waals surface area (Å²) >= 11 is 0. The molecule has 0 radical (unpaired) electrons. The Balaban J connectivity index is 2.60. The van der Waals surface area contributed by atoms with Crippen LogP contribution >= 0.6 is 0 Å². The molecule has 1 heterocycles. The molecular formula is C14H26O. The first-order valence-electron chi connectivity index (χ1n) is 6.36. The van der Waals surface area contributed by atoms with Crippen molar-refractivity contribution in [3.8, 4) is 0 Å². The first-order chi connectivity index (χ1) is 7.02. The van der Waals surface area contributed by atoms with E-state index in [2.05, 4.69) is 34.3 Å². The number of hydrogen-bond acceptors (Lipinski definition) is 1. The van der Waals surface area contributed by atoms with Gasteiger partial charge in [-0.15, -0.1) is 0 Å². The molecule has 2 unspecified atom stereocenters. The highest BCUT2D eigenvalue weighted by Gasteiger charge is 2.38. The van der Waals surface area contributed by atoms with Gasteiger partial charge in [0.15, 0.2) is 0 Å². The summed E-state index contributed by atoms with van der Waals surface area (Å²) in [4.78, 5) is 0. The first kappa shape index (κ1) is 12.8. The molecule has 0 aromatic carbocycles. The molecule has 0 N–H and O–H groups in total. The van der Waals surface area contributed by atoms with E-state index in [1.165, 1.54) is 24.8 Å². The Morgan fingerprint density at radius 3 is 2.60 bits per heavy atom. The molecule has 1 nitrogen and oxygen atoms in total. The number of unbranched alkanes of at least 4 members (excludes halogenated alkanes) is 1. The Labute approximate surface area is 94.9 Å². The van der Waals surface area contributed by atoms with E-state index in [-0.39, 0.29) is 5.41 Å². The normalized spacial score (nSPS) is 30.5. The van der Waals surface area contributed by atoms with Crippen molar-refractivity contribution >= 4 is 0 Å². The summed E-state index contributed by atoms with van der Waals surface area (Å²) in [7, 11) is 0. The van der Waals surface area contributed by atoms with Crippen molar-refractivity contribution in [3.63, 3.8) is 0 Å². The SMILES string of the molecule is C=C1CC(CCCC)OC(CC)C1(C)C. The second-order valence-corrected chi connectivity index (χ2v) is 5.33. The fourth-order valence-electron chi connectivity index (χ4n) is 2.42. The second kappa shape index (κ2) is 5.16. The summed E-state index contributed by atoms with van der Waals surface area (Å²) in [5.41, 5.74) is 1.54. The molecule has 0 spiro atoms. The molecule has 1 aliphatic rings. The van der Waals surface area contributed by atoms with Gasteiger partial charge in [-0.25, -0.2) is 0 Å². The van der Waals surface area contributed by atoms with Crippen LogP contribution in [0, 0.1) is 5.41 Å². The molecule has 0 aliphatic carbocycles. The molecule has 1 saturated heterocycles. The molecular weight excluding hydrogens is 184 g/mol. The minimum Gasteiger partial charge on any atom is -0.374 e. The van der Waals surface area contributed by atoms with Gasteiger partial charge in [0.05, 0.1) is 12.2 Å². The lowest BCUT2D eigenvalue weighted by atomic mass is 9.74. The van der Waals surface area contributed by atoms with Gasteiger partial charge in [-0.05, 0) is 19.3 Å². The fraction of sp³-hybridized carbons (Fsp3) is 0.857. The van der Waals surface area contributed by atoms with Gasteiger partial charge < -0.3 is 4.74 Å². The predicted octanol–water partition coefficient (Wildman–Crippen LogP) is 4.33. The van der Waals surface area contributed by atoms with Crippen molar-refractivity contribution < 1.29 is 4.74 Å². The first-order valence-corrected chi connectivity index (χ1v) is 6.36. The third-order valence-electron chi connectivity index (χ3n) is 3.80. The van der Waals surface area contributed by atoms with Crippen molar-refractivity contribution in [2.45, 2.75) is 72.0 Å². The highest BCUT2D eigenvalue weighted by atomic mass is 16.5. The largest absolute Gasteiger partial charge is 0.374 e. The van der Waals surface area contributed by atoms with E-state index in [4.69, 9.17) is 4.74 Å². The van der Waals surface area contributed by atoms with Crippen LogP contribution < -0.4 is 0 Å². The van der Waals surface area contributed by atoms with Gasteiger partial charge in [0.2, 0.25) is 0 Å². The summed E-state index contributed by atoms with van der Waals surface area (Å²) < 4.78 is 6.16. The van der Waals surface area contributed by atoms with Crippen LogP contribution in [0.15, 0.2) is 12.2 Å².